The molecule has 7 heteroatoms. The maximum atomic E-state index is 12.4. The molecule has 6 nitrogen and oxygen atoms in total. The first-order valence-electron chi connectivity index (χ1n) is 7.81. The smallest absolute Gasteiger partial charge is 0.281 e. The Morgan fingerprint density at radius 3 is 2.78 bits per heavy atom. The van der Waals surface area contributed by atoms with Gasteiger partial charge in [0.1, 0.15) is 0 Å². The standard InChI is InChI=1S/C16H25N3O3S/c1-13-6-4-7-14(10-13)11-17-16(20)15-8-5-9-19(12-15)23(21,22)18(2)3/h4,6-7,10,15H,5,8-9,11-12H2,1-3H3,(H,17,20)/t15-/m0/s1. The van der Waals surface area contributed by atoms with Gasteiger partial charge in [-0.3, -0.25) is 4.79 Å². The molecule has 1 heterocycles. The van der Waals surface area contributed by atoms with Crippen molar-refractivity contribution in [2.45, 2.75) is 26.3 Å². The van der Waals surface area contributed by atoms with Crippen molar-refractivity contribution < 1.29 is 13.2 Å². The quantitative estimate of drug-likeness (QED) is 0.874. The van der Waals surface area contributed by atoms with Crippen molar-refractivity contribution in [3.05, 3.63) is 35.4 Å². The minimum Gasteiger partial charge on any atom is -0.352 e. The first kappa shape index (κ1) is 17.9. The van der Waals surface area contributed by atoms with E-state index in [2.05, 4.69) is 5.32 Å². The van der Waals surface area contributed by atoms with Crippen LogP contribution in [0, 0.1) is 12.8 Å². The monoisotopic (exact) mass is 339 g/mol. The third-order valence-corrected chi connectivity index (χ3v) is 6.00. The zero-order valence-corrected chi connectivity index (χ0v) is 14.8. The minimum atomic E-state index is -3.45. The average Bonchev–Trinajstić information content (AvgIpc) is 2.52. The van der Waals surface area contributed by atoms with Crippen molar-refractivity contribution >= 4 is 16.1 Å². The molecule has 1 aromatic rings. The highest BCUT2D eigenvalue weighted by molar-refractivity contribution is 7.86. The Hall–Kier alpha value is -1.44. The Labute approximate surface area is 138 Å². The summed E-state index contributed by atoms with van der Waals surface area (Å²) >= 11 is 0. The summed E-state index contributed by atoms with van der Waals surface area (Å²) in [5.41, 5.74) is 2.20. The van der Waals surface area contributed by atoms with Gasteiger partial charge in [-0.25, -0.2) is 0 Å². The molecule has 1 atom stereocenters. The van der Waals surface area contributed by atoms with Gasteiger partial charge in [0.2, 0.25) is 5.91 Å². The van der Waals surface area contributed by atoms with E-state index in [0.29, 0.717) is 19.5 Å². The van der Waals surface area contributed by atoms with Crippen LogP contribution in [0.15, 0.2) is 24.3 Å². The van der Waals surface area contributed by atoms with E-state index in [4.69, 9.17) is 0 Å². The number of carbonyl (C=O) groups is 1. The summed E-state index contributed by atoms with van der Waals surface area (Å²) in [5, 5.41) is 2.92. The highest BCUT2D eigenvalue weighted by atomic mass is 32.2. The molecule has 128 valence electrons. The van der Waals surface area contributed by atoms with Crippen LogP contribution < -0.4 is 5.32 Å². The van der Waals surface area contributed by atoms with Crippen LogP contribution in [-0.2, 0) is 21.5 Å². The number of benzene rings is 1. The molecule has 0 bridgehead atoms. The van der Waals surface area contributed by atoms with Crippen LogP contribution in [-0.4, -0.2) is 50.1 Å². The molecular formula is C16H25N3O3S. The third-order valence-electron chi connectivity index (χ3n) is 4.09. The summed E-state index contributed by atoms with van der Waals surface area (Å²) in [7, 11) is -0.431. The fraction of sp³-hybridized carbons (Fsp3) is 0.562. The molecule has 0 saturated carbocycles. The fourth-order valence-corrected chi connectivity index (χ4v) is 3.94. The van der Waals surface area contributed by atoms with Crippen LogP contribution in [0.3, 0.4) is 0 Å². The van der Waals surface area contributed by atoms with Crippen molar-refractivity contribution in [3.63, 3.8) is 0 Å². The summed E-state index contributed by atoms with van der Waals surface area (Å²) in [6.07, 6.45) is 1.43. The van der Waals surface area contributed by atoms with Gasteiger partial charge in [0.05, 0.1) is 5.92 Å². The first-order chi connectivity index (χ1) is 10.8. The molecule has 23 heavy (non-hydrogen) atoms. The number of hydrogen-bond acceptors (Lipinski definition) is 3. The molecule has 0 unspecified atom stereocenters. The lowest BCUT2D eigenvalue weighted by Gasteiger charge is -2.32. The lowest BCUT2D eigenvalue weighted by molar-refractivity contribution is -0.126. The maximum Gasteiger partial charge on any atom is 0.281 e. The number of carbonyl (C=O) groups excluding carboxylic acids is 1. The summed E-state index contributed by atoms with van der Waals surface area (Å²) in [4.78, 5) is 12.4. The van der Waals surface area contributed by atoms with Gasteiger partial charge in [0, 0.05) is 33.7 Å². The normalized spacial score (nSPS) is 19.7. The van der Waals surface area contributed by atoms with Gasteiger partial charge in [0.25, 0.3) is 10.2 Å². The fourth-order valence-electron chi connectivity index (χ4n) is 2.75. The SMILES string of the molecule is Cc1cccc(CNC(=O)[C@H]2CCCN(S(=O)(=O)N(C)C)C2)c1. The second-order valence-corrected chi connectivity index (χ2v) is 8.34. The van der Waals surface area contributed by atoms with Crippen molar-refractivity contribution in [1.82, 2.24) is 13.9 Å². The maximum absolute atomic E-state index is 12.4. The van der Waals surface area contributed by atoms with Gasteiger partial charge in [0.15, 0.2) is 0 Å². The van der Waals surface area contributed by atoms with E-state index in [0.717, 1.165) is 17.5 Å². The second kappa shape index (κ2) is 7.42. The lowest BCUT2D eigenvalue weighted by Crippen LogP contribution is -2.48. The van der Waals surface area contributed by atoms with Crippen molar-refractivity contribution in [3.8, 4) is 0 Å². The first-order valence-corrected chi connectivity index (χ1v) is 9.21. The molecule has 0 radical (unpaired) electrons. The number of nitrogens with zero attached hydrogens (tertiary/aromatic N) is 2. The molecule has 0 aliphatic carbocycles. The molecule has 2 rings (SSSR count). The summed E-state index contributed by atoms with van der Waals surface area (Å²) in [5.74, 6) is -0.367. The molecule has 1 aromatic carbocycles. The third kappa shape index (κ3) is 4.53. The van der Waals surface area contributed by atoms with Crippen LogP contribution in [0.1, 0.15) is 24.0 Å². The predicted molar refractivity (Wildman–Crippen MR) is 89.9 cm³/mol. The van der Waals surface area contributed by atoms with Crippen LogP contribution in [0.4, 0.5) is 0 Å². The topological polar surface area (TPSA) is 69.7 Å². The van der Waals surface area contributed by atoms with E-state index in [9.17, 15) is 13.2 Å². The minimum absolute atomic E-state index is 0.0786. The molecule has 0 spiro atoms. The van der Waals surface area contributed by atoms with E-state index in [1.165, 1.54) is 22.7 Å². The number of piperidine rings is 1. The molecule has 1 fully saturated rings. The molecule has 1 aliphatic heterocycles. The summed E-state index contributed by atoms with van der Waals surface area (Å²) < 4.78 is 27.0. The van der Waals surface area contributed by atoms with E-state index < -0.39 is 10.2 Å². The second-order valence-electron chi connectivity index (χ2n) is 6.19. The molecule has 0 aromatic heterocycles. The van der Waals surface area contributed by atoms with Gasteiger partial charge >= 0.3 is 0 Å². The van der Waals surface area contributed by atoms with Gasteiger partial charge in [-0.1, -0.05) is 29.8 Å². The van der Waals surface area contributed by atoms with E-state index in [-0.39, 0.29) is 18.4 Å². The van der Waals surface area contributed by atoms with Crippen LogP contribution >= 0.6 is 0 Å². The largest absolute Gasteiger partial charge is 0.352 e. The van der Waals surface area contributed by atoms with Crippen LogP contribution in [0.2, 0.25) is 0 Å². The number of aryl methyl sites for hydroxylation is 1. The van der Waals surface area contributed by atoms with E-state index in [1.807, 2.05) is 31.2 Å². The number of nitrogens with one attached hydrogen (secondary N) is 1. The molecule has 1 N–H and O–H groups in total. The Morgan fingerprint density at radius 2 is 2.13 bits per heavy atom. The lowest BCUT2D eigenvalue weighted by atomic mass is 9.98. The zero-order valence-electron chi connectivity index (χ0n) is 13.9. The highest BCUT2D eigenvalue weighted by Crippen LogP contribution is 2.20. The Balaban J connectivity index is 1.94. The van der Waals surface area contributed by atoms with Gasteiger partial charge in [-0.05, 0) is 25.3 Å². The molecular weight excluding hydrogens is 314 g/mol. The Kier molecular flexibility index (Phi) is 5.78. The Morgan fingerprint density at radius 1 is 1.39 bits per heavy atom. The number of amides is 1. The molecule has 1 saturated heterocycles. The summed E-state index contributed by atoms with van der Waals surface area (Å²) in [6, 6.07) is 7.97. The molecule has 1 aliphatic rings. The van der Waals surface area contributed by atoms with Crippen molar-refractivity contribution in [2.75, 3.05) is 27.2 Å². The highest BCUT2D eigenvalue weighted by Gasteiger charge is 2.33. The van der Waals surface area contributed by atoms with E-state index >= 15 is 0 Å². The van der Waals surface area contributed by atoms with Crippen LogP contribution in [0.25, 0.3) is 0 Å². The number of rotatable bonds is 5. The number of hydrogen-bond donors (Lipinski definition) is 1. The van der Waals surface area contributed by atoms with Gasteiger partial charge in [-0.15, -0.1) is 0 Å². The predicted octanol–water partition coefficient (Wildman–Crippen LogP) is 1.13. The van der Waals surface area contributed by atoms with Crippen molar-refractivity contribution in [1.29, 1.82) is 0 Å². The van der Waals surface area contributed by atoms with Gasteiger partial charge in [-0.2, -0.15) is 17.0 Å². The summed E-state index contributed by atoms with van der Waals surface area (Å²) in [6.45, 7) is 3.20. The zero-order chi connectivity index (χ0) is 17.0. The average molecular weight is 339 g/mol. The Bertz CT molecular complexity index is 658. The van der Waals surface area contributed by atoms with Gasteiger partial charge < -0.3 is 5.32 Å². The molecule has 1 amide bonds. The van der Waals surface area contributed by atoms with Crippen LogP contribution in [0.5, 0.6) is 0 Å². The van der Waals surface area contributed by atoms with Crippen molar-refractivity contribution in [2.24, 2.45) is 5.92 Å². The van der Waals surface area contributed by atoms with E-state index in [1.54, 1.807) is 0 Å².